The molecule has 0 unspecified atom stereocenters. The largest absolute Gasteiger partial charge is 0.360 e. The Bertz CT molecular complexity index is 467. The van der Waals surface area contributed by atoms with Crippen LogP contribution in [0.25, 0.3) is 0 Å². The van der Waals surface area contributed by atoms with Gasteiger partial charge >= 0.3 is 0 Å². The summed E-state index contributed by atoms with van der Waals surface area (Å²) in [6, 6.07) is 9.95. The first-order chi connectivity index (χ1) is 9.78. The number of anilines is 1. The van der Waals surface area contributed by atoms with Crippen molar-refractivity contribution in [2.24, 2.45) is 0 Å². The lowest BCUT2D eigenvalue weighted by molar-refractivity contribution is 0.430. The van der Waals surface area contributed by atoms with E-state index in [0.29, 0.717) is 16.7 Å². The van der Waals surface area contributed by atoms with Crippen LogP contribution >= 0.6 is 12.2 Å². The van der Waals surface area contributed by atoms with Gasteiger partial charge in [-0.1, -0.05) is 32.1 Å². The van der Waals surface area contributed by atoms with Crippen molar-refractivity contribution in [1.29, 1.82) is 5.26 Å². The van der Waals surface area contributed by atoms with Crippen LogP contribution in [0.15, 0.2) is 24.3 Å². The summed E-state index contributed by atoms with van der Waals surface area (Å²) in [6.07, 6.45) is 9.04. The van der Waals surface area contributed by atoms with Crippen LogP contribution < -0.4 is 10.6 Å². The van der Waals surface area contributed by atoms with Crippen molar-refractivity contribution in [2.45, 2.75) is 51.0 Å². The van der Waals surface area contributed by atoms with Crippen LogP contribution in [0.2, 0.25) is 0 Å². The maximum atomic E-state index is 8.77. The number of rotatable bonds is 2. The van der Waals surface area contributed by atoms with Crippen molar-refractivity contribution in [1.82, 2.24) is 5.32 Å². The van der Waals surface area contributed by atoms with Gasteiger partial charge in [-0.05, 0) is 49.3 Å². The van der Waals surface area contributed by atoms with Gasteiger partial charge in [0.2, 0.25) is 0 Å². The molecule has 1 saturated carbocycles. The van der Waals surface area contributed by atoms with Gasteiger partial charge in [-0.25, -0.2) is 0 Å². The molecule has 0 aliphatic heterocycles. The maximum Gasteiger partial charge on any atom is 0.170 e. The number of thiocarbonyl (C=S) groups is 1. The predicted octanol–water partition coefficient (Wildman–Crippen LogP) is 3.96. The Morgan fingerprint density at radius 1 is 1.05 bits per heavy atom. The molecule has 3 nitrogen and oxygen atoms in total. The first-order valence-corrected chi connectivity index (χ1v) is 7.76. The van der Waals surface area contributed by atoms with Crippen LogP contribution in [0.1, 0.15) is 50.5 Å². The lowest BCUT2D eigenvalue weighted by Gasteiger charge is -2.22. The van der Waals surface area contributed by atoms with Gasteiger partial charge in [-0.15, -0.1) is 0 Å². The fourth-order valence-electron chi connectivity index (χ4n) is 2.58. The van der Waals surface area contributed by atoms with E-state index in [4.69, 9.17) is 17.5 Å². The molecule has 1 aromatic rings. The summed E-state index contributed by atoms with van der Waals surface area (Å²) < 4.78 is 0. The molecule has 2 N–H and O–H groups in total. The molecule has 2 rings (SSSR count). The van der Waals surface area contributed by atoms with E-state index in [2.05, 4.69) is 16.7 Å². The SMILES string of the molecule is N#Cc1ccc(NC(=S)NC2CCCCCCC2)cc1. The fraction of sp³-hybridized carbons (Fsp3) is 0.500. The predicted molar refractivity (Wildman–Crippen MR) is 86.6 cm³/mol. The van der Waals surface area contributed by atoms with Gasteiger partial charge in [0, 0.05) is 11.7 Å². The first kappa shape index (κ1) is 14.8. The van der Waals surface area contributed by atoms with Crippen molar-refractivity contribution in [2.75, 3.05) is 5.32 Å². The zero-order chi connectivity index (χ0) is 14.2. The maximum absolute atomic E-state index is 8.77. The van der Waals surface area contributed by atoms with E-state index in [1.807, 2.05) is 12.1 Å². The van der Waals surface area contributed by atoms with Gasteiger partial charge in [0.15, 0.2) is 5.11 Å². The number of benzene rings is 1. The molecule has 0 radical (unpaired) electrons. The van der Waals surface area contributed by atoms with Crippen molar-refractivity contribution >= 4 is 23.0 Å². The molecule has 20 heavy (non-hydrogen) atoms. The Balaban J connectivity index is 1.82. The van der Waals surface area contributed by atoms with Gasteiger partial charge in [-0.3, -0.25) is 0 Å². The molecule has 1 aliphatic carbocycles. The van der Waals surface area contributed by atoms with Crippen molar-refractivity contribution < 1.29 is 0 Å². The third kappa shape index (κ3) is 4.82. The molecule has 0 saturated heterocycles. The fourth-order valence-corrected chi connectivity index (χ4v) is 2.87. The van der Waals surface area contributed by atoms with E-state index in [1.54, 1.807) is 12.1 Å². The van der Waals surface area contributed by atoms with E-state index >= 15 is 0 Å². The van der Waals surface area contributed by atoms with Crippen molar-refractivity contribution in [3.8, 4) is 6.07 Å². The van der Waals surface area contributed by atoms with Crippen molar-refractivity contribution in [3.63, 3.8) is 0 Å². The molecule has 0 heterocycles. The second-order valence-electron chi connectivity index (χ2n) is 5.33. The molecular weight excluding hydrogens is 266 g/mol. The summed E-state index contributed by atoms with van der Waals surface area (Å²) in [5.74, 6) is 0. The first-order valence-electron chi connectivity index (χ1n) is 7.35. The van der Waals surface area contributed by atoms with Crippen LogP contribution in [-0.4, -0.2) is 11.2 Å². The average molecular weight is 287 g/mol. The zero-order valence-electron chi connectivity index (χ0n) is 11.7. The zero-order valence-corrected chi connectivity index (χ0v) is 12.5. The topological polar surface area (TPSA) is 47.9 Å². The number of nitrogens with zero attached hydrogens (tertiary/aromatic N) is 1. The average Bonchev–Trinajstić information content (AvgIpc) is 2.42. The monoisotopic (exact) mass is 287 g/mol. The number of hydrogen-bond acceptors (Lipinski definition) is 2. The van der Waals surface area contributed by atoms with Crippen LogP contribution in [-0.2, 0) is 0 Å². The molecule has 0 amide bonds. The molecule has 1 aromatic carbocycles. The van der Waals surface area contributed by atoms with E-state index in [-0.39, 0.29) is 0 Å². The highest BCUT2D eigenvalue weighted by Gasteiger charge is 2.12. The van der Waals surface area contributed by atoms with Gasteiger partial charge in [-0.2, -0.15) is 5.26 Å². The second kappa shape index (κ2) is 7.86. The minimum Gasteiger partial charge on any atom is -0.360 e. The normalized spacial score (nSPS) is 16.6. The minimum absolute atomic E-state index is 0.494. The summed E-state index contributed by atoms with van der Waals surface area (Å²) in [5, 5.41) is 16.1. The highest BCUT2D eigenvalue weighted by atomic mass is 32.1. The van der Waals surface area contributed by atoms with E-state index in [1.165, 1.54) is 44.9 Å². The van der Waals surface area contributed by atoms with Crippen LogP contribution in [0, 0.1) is 11.3 Å². The summed E-state index contributed by atoms with van der Waals surface area (Å²) >= 11 is 5.37. The molecule has 0 bridgehead atoms. The molecule has 1 fully saturated rings. The van der Waals surface area contributed by atoms with E-state index < -0.39 is 0 Å². The van der Waals surface area contributed by atoms with Gasteiger partial charge in [0.1, 0.15) is 0 Å². The Morgan fingerprint density at radius 2 is 1.65 bits per heavy atom. The van der Waals surface area contributed by atoms with Gasteiger partial charge < -0.3 is 10.6 Å². The summed E-state index contributed by atoms with van der Waals surface area (Å²) in [4.78, 5) is 0. The van der Waals surface area contributed by atoms with Crippen LogP contribution in [0.4, 0.5) is 5.69 Å². The summed E-state index contributed by atoms with van der Waals surface area (Å²) in [5.41, 5.74) is 1.58. The molecule has 0 atom stereocenters. The smallest absolute Gasteiger partial charge is 0.170 e. The Kier molecular flexibility index (Phi) is 5.82. The molecule has 106 valence electrons. The van der Waals surface area contributed by atoms with E-state index in [0.717, 1.165) is 5.69 Å². The summed E-state index contributed by atoms with van der Waals surface area (Å²) in [7, 11) is 0. The molecular formula is C16H21N3S. The van der Waals surface area contributed by atoms with Crippen molar-refractivity contribution in [3.05, 3.63) is 29.8 Å². The highest BCUT2D eigenvalue weighted by Crippen LogP contribution is 2.17. The molecule has 0 spiro atoms. The minimum atomic E-state index is 0.494. The van der Waals surface area contributed by atoms with Crippen LogP contribution in [0.5, 0.6) is 0 Å². The van der Waals surface area contributed by atoms with Gasteiger partial charge in [0.25, 0.3) is 0 Å². The Hall–Kier alpha value is -1.60. The molecule has 4 heteroatoms. The Morgan fingerprint density at radius 3 is 2.25 bits per heavy atom. The number of nitriles is 1. The molecule has 1 aliphatic rings. The lowest BCUT2D eigenvalue weighted by Crippen LogP contribution is -2.38. The number of hydrogen-bond donors (Lipinski definition) is 2. The van der Waals surface area contributed by atoms with E-state index in [9.17, 15) is 0 Å². The molecule has 0 aromatic heterocycles. The Labute approximate surface area is 126 Å². The lowest BCUT2D eigenvalue weighted by atomic mass is 9.97. The standard InChI is InChI=1S/C16H21N3S/c17-12-13-8-10-15(11-9-13)19-16(20)18-14-6-4-2-1-3-5-7-14/h8-11,14H,1-7H2,(H2,18,19,20). The summed E-state index contributed by atoms with van der Waals surface area (Å²) in [6.45, 7) is 0. The quantitative estimate of drug-likeness (QED) is 0.808. The number of nitrogens with one attached hydrogen (secondary N) is 2. The third-order valence-corrected chi connectivity index (χ3v) is 3.93. The third-order valence-electron chi connectivity index (χ3n) is 3.71. The second-order valence-corrected chi connectivity index (χ2v) is 5.74. The highest BCUT2D eigenvalue weighted by molar-refractivity contribution is 7.80. The van der Waals surface area contributed by atoms with Gasteiger partial charge in [0.05, 0.1) is 11.6 Å². The van der Waals surface area contributed by atoms with Crippen LogP contribution in [0.3, 0.4) is 0 Å².